The topological polar surface area (TPSA) is 46.5 Å². The van der Waals surface area contributed by atoms with E-state index >= 15 is 0 Å². The van der Waals surface area contributed by atoms with Gasteiger partial charge in [0.2, 0.25) is 0 Å². The lowest BCUT2D eigenvalue weighted by atomic mass is 10.1. The molecule has 0 saturated heterocycles. The smallest absolute Gasteiger partial charge is 0.303 e. The Kier molecular flexibility index (Phi) is 4.83. The number of carboxylic acids is 1. The Balaban J connectivity index is 2.27. The van der Waals surface area contributed by atoms with Gasteiger partial charge in [-0.15, -0.1) is 0 Å². The molecule has 0 heterocycles. The molecular weight excluding hydrogens is 204 g/mol. The Labute approximate surface area is 96.1 Å². The van der Waals surface area contributed by atoms with Crippen LogP contribution in [0.4, 0.5) is 0 Å². The molecule has 1 aromatic carbocycles. The summed E-state index contributed by atoms with van der Waals surface area (Å²) in [6.07, 6.45) is 0.970. The number of benzene rings is 1. The van der Waals surface area contributed by atoms with E-state index in [9.17, 15) is 4.79 Å². The highest BCUT2D eigenvalue weighted by atomic mass is 16.5. The molecule has 3 nitrogen and oxygen atoms in total. The van der Waals surface area contributed by atoms with Crippen LogP contribution in [-0.2, 0) is 4.79 Å². The average Bonchev–Trinajstić information content (AvgIpc) is 2.16. The van der Waals surface area contributed by atoms with Gasteiger partial charge in [0.15, 0.2) is 0 Å². The Hall–Kier alpha value is -1.51. The fourth-order valence-corrected chi connectivity index (χ4v) is 1.48. The van der Waals surface area contributed by atoms with Gasteiger partial charge in [-0.1, -0.05) is 19.1 Å². The molecule has 0 fully saturated rings. The summed E-state index contributed by atoms with van der Waals surface area (Å²) in [5.41, 5.74) is 1.16. The second-order valence-electron chi connectivity index (χ2n) is 4.16. The van der Waals surface area contributed by atoms with Gasteiger partial charge in [0, 0.05) is 6.42 Å². The summed E-state index contributed by atoms with van der Waals surface area (Å²) < 4.78 is 5.55. The SMILES string of the molecule is Cc1cccc(OCCC(C)CC(=O)O)c1. The highest BCUT2D eigenvalue weighted by molar-refractivity contribution is 5.66. The lowest BCUT2D eigenvalue weighted by Gasteiger charge is -2.10. The normalized spacial score (nSPS) is 12.1. The second-order valence-corrected chi connectivity index (χ2v) is 4.16. The predicted molar refractivity (Wildman–Crippen MR) is 62.7 cm³/mol. The summed E-state index contributed by atoms with van der Waals surface area (Å²) in [5.74, 6) is 0.257. The third-order valence-electron chi connectivity index (χ3n) is 2.39. The number of aliphatic carboxylic acids is 1. The molecule has 0 aromatic heterocycles. The summed E-state index contributed by atoms with van der Waals surface area (Å²) in [4.78, 5) is 10.4. The largest absolute Gasteiger partial charge is 0.494 e. The fraction of sp³-hybridized carbons (Fsp3) is 0.462. The van der Waals surface area contributed by atoms with Crippen LogP contribution in [0.1, 0.15) is 25.3 Å². The minimum absolute atomic E-state index is 0.155. The molecule has 16 heavy (non-hydrogen) atoms. The third-order valence-corrected chi connectivity index (χ3v) is 2.39. The molecule has 0 aliphatic rings. The summed E-state index contributed by atoms with van der Waals surface area (Å²) in [6, 6.07) is 7.85. The van der Waals surface area contributed by atoms with E-state index in [0.717, 1.165) is 17.7 Å². The van der Waals surface area contributed by atoms with Gasteiger partial charge in [-0.3, -0.25) is 4.79 Å². The van der Waals surface area contributed by atoms with E-state index in [1.54, 1.807) is 0 Å². The number of carboxylic acid groups (broad SMARTS) is 1. The standard InChI is InChI=1S/C13H18O3/c1-10-4-3-5-12(8-10)16-7-6-11(2)9-13(14)15/h3-5,8,11H,6-7,9H2,1-2H3,(H,14,15). The molecule has 0 amide bonds. The molecule has 1 rings (SSSR count). The van der Waals surface area contributed by atoms with Crippen molar-refractivity contribution < 1.29 is 14.6 Å². The zero-order valence-electron chi connectivity index (χ0n) is 9.77. The number of hydrogen-bond acceptors (Lipinski definition) is 2. The van der Waals surface area contributed by atoms with E-state index in [2.05, 4.69) is 0 Å². The van der Waals surface area contributed by atoms with Crippen molar-refractivity contribution in [3.8, 4) is 5.75 Å². The minimum atomic E-state index is -0.747. The number of aryl methyl sites for hydroxylation is 1. The van der Waals surface area contributed by atoms with Crippen molar-refractivity contribution in [3.05, 3.63) is 29.8 Å². The molecule has 1 atom stereocenters. The van der Waals surface area contributed by atoms with Crippen molar-refractivity contribution in [2.75, 3.05) is 6.61 Å². The number of hydrogen-bond donors (Lipinski definition) is 1. The summed E-state index contributed by atoms with van der Waals surface area (Å²) >= 11 is 0. The maximum absolute atomic E-state index is 10.4. The molecule has 0 aliphatic carbocycles. The quantitative estimate of drug-likeness (QED) is 0.805. The van der Waals surface area contributed by atoms with Crippen molar-refractivity contribution in [1.29, 1.82) is 0 Å². The zero-order valence-corrected chi connectivity index (χ0v) is 9.77. The van der Waals surface area contributed by atoms with Crippen molar-refractivity contribution in [1.82, 2.24) is 0 Å². The molecule has 3 heteroatoms. The first-order valence-corrected chi connectivity index (χ1v) is 5.49. The average molecular weight is 222 g/mol. The van der Waals surface area contributed by atoms with Gasteiger partial charge in [0.25, 0.3) is 0 Å². The van der Waals surface area contributed by atoms with Crippen LogP contribution >= 0.6 is 0 Å². The molecule has 1 unspecified atom stereocenters. The molecular formula is C13H18O3. The second kappa shape index (κ2) is 6.16. The molecule has 88 valence electrons. The van der Waals surface area contributed by atoms with Gasteiger partial charge in [0.05, 0.1) is 6.61 Å². The van der Waals surface area contributed by atoms with E-state index in [1.807, 2.05) is 38.1 Å². The molecule has 1 aromatic rings. The van der Waals surface area contributed by atoms with Crippen molar-refractivity contribution in [3.63, 3.8) is 0 Å². The number of ether oxygens (including phenoxy) is 1. The lowest BCUT2D eigenvalue weighted by Crippen LogP contribution is -2.08. The van der Waals surface area contributed by atoms with Crippen molar-refractivity contribution in [2.24, 2.45) is 5.92 Å². The Bertz CT molecular complexity index is 347. The minimum Gasteiger partial charge on any atom is -0.494 e. The first-order chi connectivity index (χ1) is 7.58. The summed E-state index contributed by atoms with van der Waals surface area (Å²) in [7, 11) is 0. The van der Waals surface area contributed by atoms with E-state index in [1.165, 1.54) is 0 Å². The van der Waals surface area contributed by atoms with Gasteiger partial charge < -0.3 is 9.84 Å². The van der Waals surface area contributed by atoms with Crippen LogP contribution in [-0.4, -0.2) is 17.7 Å². The van der Waals surface area contributed by atoms with Crippen molar-refractivity contribution in [2.45, 2.75) is 26.7 Å². The van der Waals surface area contributed by atoms with Crippen LogP contribution in [0, 0.1) is 12.8 Å². The molecule has 0 bridgehead atoms. The Morgan fingerprint density at radius 1 is 1.50 bits per heavy atom. The molecule has 0 aliphatic heterocycles. The van der Waals surface area contributed by atoms with Crippen LogP contribution in [0.5, 0.6) is 5.75 Å². The maximum atomic E-state index is 10.4. The Morgan fingerprint density at radius 3 is 2.88 bits per heavy atom. The van der Waals surface area contributed by atoms with E-state index in [4.69, 9.17) is 9.84 Å². The van der Waals surface area contributed by atoms with E-state index in [0.29, 0.717) is 6.61 Å². The first-order valence-electron chi connectivity index (χ1n) is 5.49. The lowest BCUT2D eigenvalue weighted by molar-refractivity contribution is -0.138. The molecule has 0 saturated carbocycles. The van der Waals surface area contributed by atoms with E-state index < -0.39 is 5.97 Å². The van der Waals surface area contributed by atoms with Crippen LogP contribution in [0.3, 0.4) is 0 Å². The molecule has 1 N–H and O–H groups in total. The molecule has 0 spiro atoms. The van der Waals surface area contributed by atoms with Gasteiger partial charge in [0.1, 0.15) is 5.75 Å². The van der Waals surface area contributed by atoms with Gasteiger partial charge >= 0.3 is 5.97 Å². The predicted octanol–water partition coefficient (Wildman–Crippen LogP) is 2.87. The summed E-state index contributed by atoms with van der Waals surface area (Å²) in [6.45, 7) is 4.51. The van der Waals surface area contributed by atoms with Crippen LogP contribution in [0.25, 0.3) is 0 Å². The molecule has 0 radical (unpaired) electrons. The third kappa shape index (κ3) is 4.82. The fourth-order valence-electron chi connectivity index (χ4n) is 1.48. The monoisotopic (exact) mass is 222 g/mol. The highest BCUT2D eigenvalue weighted by Gasteiger charge is 2.07. The first kappa shape index (κ1) is 12.6. The number of carbonyl (C=O) groups is 1. The number of rotatable bonds is 6. The highest BCUT2D eigenvalue weighted by Crippen LogP contribution is 2.14. The van der Waals surface area contributed by atoms with Gasteiger partial charge in [-0.2, -0.15) is 0 Å². The van der Waals surface area contributed by atoms with Crippen LogP contribution in [0.15, 0.2) is 24.3 Å². The van der Waals surface area contributed by atoms with Crippen LogP contribution in [0.2, 0.25) is 0 Å². The van der Waals surface area contributed by atoms with E-state index in [-0.39, 0.29) is 12.3 Å². The summed E-state index contributed by atoms with van der Waals surface area (Å²) in [5, 5.41) is 8.60. The van der Waals surface area contributed by atoms with Gasteiger partial charge in [-0.25, -0.2) is 0 Å². The maximum Gasteiger partial charge on any atom is 0.303 e. The Morgan fingerprint density at radius 2 is 2.25 bits per heavy atom. The van der Waals surface area contributed by atoms with Crippen molar-refractivity contribution >= 4 is 5.97 Å². The zero-order chi connectivity index (χ0) is 12.0. The van der Waals surface area contributed by atoms with Gasteiger partial charge in [-0.05, 0) is 37.0 Å². The van der Waals surface area contributed by atoms with Crippen LogP contribution < -0.4 is 4.74 Å².